The fourth-order valence-electron chi connectivity index (χ4n) is 3.30. The highest BCUT2D eigenvalue weighted by Gasteiger charge is 2.53. The maximum Gasteiger partial charge on any atom is 0.316 e. The summed E-state index contributed by atoms with van der Waals surface area (Å²) in [4.78, 5) is 25.0. The molecule has 0 saturated carbocycles. The fraction of sp³-hybridized carbons (Fsp3) is 0.900. The number of esters is 2. The molecule has 0 aromatic heterocycles. The summed E-state index contributed by atoms with van der Waals surface area (Å²) in [6.45, 7) is 20.2. The first-order chi connectivity index (χ1) is 11.4. The lowest BCUT2D eigenvalue weighted by Gasteiger charge is -2.38. The number of hydrogen-bond acceptors (Lipinski definition) is 6. The first kappa shape index (κ1) is 23.3. The lowest BCUT2D eigenvalue weighted by Crippen LogP contribution is -2.47. The van der Waals surface area contributed by atoms with Crippen molar-refractivity contribution >= 4 is 23.7 Å². The molecule has 0 aliphatic carbocycles. The highest BCUT2D eigenvalue weighted by Crippen LogP contribution is 2.45. The second-order valence-electron chi connectivity index (χ2n) is 10.2. The van der Waals surface area contributed by atoms with Crippen LogP contribution in [0.2, 0.25) is 0 Å². The smallest absolute Gasteiger partial charge is 0.316 e. The van der Waals surface area contributed by atoms with Crippen LogP contribution >= 0.6 is 11.8 Å². The molecular formula is C20H37NO4S. The summed E-state index contributed by atoms with van der Waals surface area (Å²) >= 11 is 1.54. The van der Waals surface area contributed by atoms with Crippen LogP contribution in [0.15, 0.2) is 0 Å². The molecule has 1 saturated heterocycles. The van der Waals surface area contributed by atoms with Gasteiger partial charge in [0.15, 0.2) is 0 Å². The van der Waals surface area contributed by atoms with E-state index in [9.17, 15) is 9.59 Å². The summed E-state index contributed by atoms with van der Waals surface area (Å²) in [5.74, 6) is -0.358. The number of nitrogens with one attached hydrogen (secondary N) is 1. The Balaban J connectivity index is 2.88. The van der Waals surface area contributed by atoms with Gasteiger partial charge in [-0.15, -0.1) is 11.8 Å². The van der Waals surface area contributed by atoms with E-state index in [4.69, 9.17) is 9.47 Å². The zero-order valence-electron chi connectivity index (χ0n) is 18.1. The quantitative estimate of drug-likeness (QED) is 0.724. The zero-order valence-corrected chi connectivity index (χ0v) is 18.9. The van der Waals surface area contributed by atoms with Gasteiger partial charge in [-0.3, -0.25) is 9.59 Å². The Kier molecular flexibility index (Phi) is 6.90. The van der Waals surface area contributed by atoms with Gasteiger partial charge in [0.2, 0.25) is 0 Å². The molecule has 1 rings (SSSR count). The monoisotopic (exact) mass is 387 g/mol. The van der Waals surface area contributed by atoms with E-state index in [1.54, 1.807) is 11.8 Å². The maximum absolute atomic E-state index is 12.9. The third-order valence-electron chi connectivity index (χ3n) is 4.49. The average Bonchev–Trinajstić information content (AvgIpc) is 2.69. The number of hydrogen-bond donors (Lipinski definition) is 1. The molecule has 5 nitrogen and oxygen atoms in total. The van der Waals surface area contributed by atoms with Crippen molar-refractivity contribution in [3.63, 3.8) is 0 Å². The maximum atomic E-state index is 12.9. The first-order valence-electron chi connectivity index (χ1n) is 9.28. The Morgan fingerprint density at radius 2 is 1.50 bits per heavy atom. The normalized spacial score (nSPS) is 23.6. The predicted octanol–water partition coefficient (Wildman–Crippen LogP) is 3.80. The number of rotatable bonds is 5. The molecular weight excluding hydrogens is 350 g/mol. The van der Waals surface area contributed by atoms with Gasteiger partial charge in [0.25, 0.3) is 0 Å². The van der Waals surface area contributed by atoms with E-state index in [0.717, 1.165) is 0 Å². The molecule has 1 fully saturated rings. The van der Waals surface area contributed by atoms with Crippen molar-refractivity contribution in [1.29, 1.82) is 0 Å². The standard InChI is InChI=1S/C20H37NO4S/c1-17(2,3)24-14(22)12-26-20(9,10)13-11-21-19(7,8)15(13)16(23)25-18(4,5)6/h13,15,21H,11-12H2,1-10H3/t13?,15-/m0/s1. The number of carbonyl (C=O) groups is 2. The first-order valence-corrected chi connectivity index (χ1v) is 10.3. The van der Waals surface area contributed by atoms with Crippen LogP contribution in [0.1, 0.15) is 69.2 Å². The molecule has 26 heavy (non-hydrogen) atoms. The van der Waals surface area contributed by atoms with E-state index in [-0.39, 0.29) is 39.8 Å². The molecule has 0 bridgehead atoms. The van der Waals surface area contributed by atoms with Gasteiger partial charge in [0, 0.05) is 22.7 Å². The molecule has 1 heterocycles. The summed E-state index contributed by atoms with van der Waals surface area (Å²) in [5, 5.41) is 3.46. The second kappa shape index (κ2) is 7.70. The van der Waals surface area contributed by atoms with Crippen molar-refractivity contribution in [3.8, 4) is 0 Å². The Hall–Kier alpha value is -0.750. The zero-order chi connectivity index (χ0) is 20.6. The van der Waals surface area contributed by atoms with Gasteiger partial charge >= 0.3 is 11.9 Å². The number of thioether (sulfide) groups is 1. The van der Waals surface area contributed by atoms with Crippen LogP contribution in [0, 0.1) is 11.8 Å². The summed E-state index contributed by atoms with van der Waals surface area (Å²) in [7, 11) is 0. The molecule has 2 atom stereocenters. The average molecular weight is 388 g/mol. The second-order valence-corrected chi connectivity index (χ2v) is 11.8. The van der Waals surface area contributed by atoms with Gasteiger partial charge in [0.05, 0.1) is 11.7 Å². The Bertz CT molecular complexity index is 529. The lowest BCUT2D eigenvalue weighted by molar-refractivity contribution is -0.163. The van der Waals surface area contributed by atoms with Crippen LogP contribution < -0.4 is 5.32 Å². The summed E-state index contributed by atoms with van der Waals surface area (Å²) in [6.07, 6.45) is 0. The van der Waals surface area contributed by atoms with Crippen LogP contribution in [-0.4, -0.2) is 45.7 Å². The van der Waals surface area contributed by atoms with E-state index in [1.165, 1.54) is 0 Å². The Morgan fingerprint density at radius 1 is 1.00 bits per heavy atom. The van der Waals surface area contributed by atoms with E-state index in [0.29, 0.717) is 6.54 Å². The van der Waals surface area contributed by atoms with Crippen LogP contribution in [0.3, 0.4) is 0 Å². The molecule has 1 unspecified atom stereocenters. The largest absolute Gasteiger partial charge is 0.460 e. The van der Waals surface area contributed by atoms with Crippen LogP contribution in [-0.2, 0) is 19.1 Å². The number of carbonyl (C=O) groups excluding carboxylic acids is 2. The van der Waals surface area contributed by atoms with Gasteiger partial charge < -0.3 is 14.8 Å². The van der Waals surface area contributed by atoms with Crippen molar-refractivity contribution in [2.24, 2.45) is 11.8 Å². The Morgan fingerprint density at radius 3 is 1.96 bits per heavy atom. The van der Waals surface area contributed by atoms with Gasteiger partial charge in [-0.1, -0.05) is 13.8 Å². The van der Waals surface area contributed by atoms with Crippen LogP contribution in [0.5, 0.6) is 0 Å². The molecule has 1 aliphatic heterocycles. The molecule has 1 aliphatic rings. The summed E-state index contributed by atoms with van der Waals surface area (Å²) < 4.78 is 10.8. The van der Waals surface area contributed by atoms with E-state index in [2.05, 4.69) is 19.2 Å². The summed E-state index contributed by atoms with van der Waals surface area (Å²) in [6, 6.07) is 0. The minimum absolute atomic E-state index is 0.0554. The molecule has 1 N–H and O–H groups in total. The molecule has 152 valence electrons. The highest BCUT2D eigenvalue weighted by atomic mass is 32.2. The van der Waals surface area contributed by atoms with Gasteiger partial charge in [-0.2, -0.15) is 0 Å². The molecule has 0 radical (unpaired) electrons. The fourth-order valence-corrected chi connectivity index (χ4v) is 4.28. The molecule has 0 amide bonds. The highest BCUT2D eigenvalue weighted by molar-refractivity contribution is 8.01. The van der Waals surface area contributed by atoms with Crippen molar-refractivity contribution < 1.29 is 19.1 Å². The van der Waals surface area contributed by atoms with Gasteiger partial charge in [-0.25, -0.2) is 0 Å². The van der Waals surface area contributed by atoms with E-state index < -0.39 is 11.2 Å². The topological polar surface area (TPSA) is 64.6 Å². The summed E-state index contributed by atoms with van der Waals surface area (Å²) in [5.41, 5.74) is -1.36. The van der Waals surface area contributed by atoms with Crippen molar-refractivity contribution in [3.05, 3.63) is 0 Å². The molecule has 0 aromatic rings. The molecule has 6 heteroatoms. The third-order valence-corrected chi connectivity index (χ3v) is 5.92. The Labute approximate surface area is 163 Å². The molecule has 0 spiro atoms. The lowest BCUT2D eigenvalue weighted by atomic mass is 9.77. The predicted molar refractivity (Wildman–Crippen MR) is 107 cm³/mol. The van der Waals surface area contributed by atoms with Crippen molar-refractivity contribution in [2.75, 3.05) is 12.3 Å². The number of ether oxygens (including phenoxy) is 2. The van der Waals surface area contributed by atoms with Gasteiger partial charge in [-0.05, 0) is 55.4 Å². The van der Waals surface area contributed by atoms with Crippen molar-refractivity contribution in [1.82, 2.24) is 5.32 Å². The van der Waals surface area contributed by atoms with E-state index >= 15 is 0 Å². The minimum atomic E-state index is -0.520. The van der Waals surface area contributed by atoms with Crippen molar-refractivity contribution in [2.45, 2.75) is 90.7 Å². The minimum Gasteiger partial charge on any atom is -0.460 e. The van der Waals surface area contributed by atoms with Crippen LogP contribution in [0.4, 0.5) is 0 Å². The van der Waals surface area contributed by atoms with E-state index in [1.807, 2.05) is 55.4 Å². The third kappa shape index (κ3) is 6.76. The molecule has 0 aromatic carbocycles. The van der Waals surface area contributed by atoms with Gasteiger partial charge in [0.1, 0.15) is 11.2 Å². The van der Waals surface area contributed by atoms with Crippen LogP contribution in [0.25, 0.3) is 0 Å². The SMILES string of the molecule is CC(C)(C)OC(=O)CSC(C)(C)C1CNC(C)(C)[C@@H]1C(=O)OC(C)(C)C.